The molecular formula is C12H18N2O2. The van der Waals surface area contributed by atoms with Gasteiger partial charge in [-0.05, 0) is 25.6 Å². The van der Waals surface area contributed by atoms with E-state index in [9.17, 15) is 4.79 Å². The van der Waals surface area contributed by atoms with Gasteiger partial charge in [-0.2, -0.15) is 0 Å². The van der Waals surface area contributed by atoms with Crippen LogP contribution < -0.4 is 0 Å². The Labute approximate surface area is 95.8 Å². The molecule has 1 aliphatic rings. The number of nitrogens with zero attached hydrogens (tertiary/aromatic N) is 2. The van der Waals surface area contributed by atoms with Gasteiger partial charge in [0.2, 0.25) is 0 Å². The number of carbonyl (C=O) groups excluding carboxylic acids is 1. The highest BCUT2D eigenvalue weighted by Crippen LogP contribution is 2.11. The zero-order valence-corrected chi connectivity index (χ0v) is 9.90. The minimum absolute atomic E-state index is 0.0175. The van der Waals surface area contributed by atoms with E-state index in [0.29, 0.717) is 5.76 Å². The lowest BCUT2D eigenvalue weighted by Crippen LogP contribution is -2.48. The fourth-order valence-corrected chi connectivity index (χ4v) is 1.97. The molecule has 1 fully saturated rings. The summed E-state index contributed by atoms with van der Waals surface area (Å²) in [6.45, 7) is 8.57. The molecule has 0 bridgehead atoms. The van der Waals surface area contributed by atoms with Gasteiger partial charge < -0.3 is 14.2 Å². The second kappa shape index (κ2) is 4.70. The van der Waals surface area contributed by atoms with Gasteiger partial charge in [-0.3, -0.25) is 4.79 Å². The van der Waals surface area contributed by atoms with Crippen LogP contribution in [0.25, 0.3) is 0 Å². The number of carbonyl (C=O) groups is 1. The summed E-state index contributed by atoms with van der Waals surface area (Å²) >= 11 is 0. The molecule has 16 heavy (non-hydrogen) atoms. The van der Waals surface area contributed by atoms with Gasteiger partial charge in [-0.15, -0.1) is 0 Å². The predicted molar refractivity (Wildman–Crippen MR) is 61.5 cm³/mol. The highest BCUT2D eigenvalue weighted by molar-refractivity contribution is 5.91. The van der Waals surface area contributed by atoms with Gasteiger partial charge in [0.1, 0.15) is 5.76 Å². The molecule has 0 N–H and O–H groups in total. The standard InChI is InChI=1S/C12H18N2O2/c1-3-13-6-8-14(9-7-13)12(15)11-5-4-10(2)16-11/h4-5H,3,6-9H2,1-2H3. The Hall–Kier alpha value is -1.29. The monoisotopic (exact) mass is 222 g/mol. The van der Waals surface area contributed by atoms with Crippen molar-refractivity contribution in [1.82, 2.24) is 9.80 Å². The first kappa shape index (κ1) is 11.2. The van der Waals surface area contributed by atoms with Crippen LogP contribution in [0.15, 0.2) is 16.5 Å². The van der Waals surface area contributed by atoms with E-state index in [4.69, 9.17) is 4.42 Å². The van der Waals surface area contributed by atoms with Crippen LogP contribution in [0.2, 0.25) is 0 Å². The van der Waals surface area contributed by atoms with Gasteiger partial charge >= 0.3 is 0 Å². The molecule has 4 heteroatoms. The van der Waals surface area contributed by atoms with E-state index < -0.39 is 0 Å². The van der Waals surface area contributed by atoms with Gasteiger partial charge in [-0.25, -0.2) is 0 Å². The quantitative estimate of drug-likeness (QED) is 0.758. The normalized spacial score (nSPS) is 17.8. The first-order valence-corrected chi connectivity index (χ1v) is 5.78. The van der Waals surface area contributed by atoms with Crippen LogP contribution in [-0.2, 0) is 0 Å². The van der Waals surface area contributed by atoms with Crippen molar-refractivity contribution in [2.75, 3.05) is 32.7 Å². The van der Waals surface area contributed by atoms with E-state index in [-0.39, 0.29) is 5.91 Å². The minimum Gasteiger partial charge on any atom is -0.456 e. The topological polar surface area (TPSA) is 36.7 Å². The van der Waals surface area contributed by atoms with Crippen LogP contribution in [0, 0.1) is 6.92 Å². The number of amides is 1. The largest absolute Gasteiger partial charge is 0.456 e. The first-order valence-electron chi connectivity index (χ1n) is 5.78. The van der Waals surface area contributed by atoms with Crippen LogP contribution in [0.1, 0.15) is 23.2 Å². The van der Waals surface area contributed by atoms with E-state index in [1.807, 2.05) is 17.9 Å². The van der Waals surface area contributed by atoms with Gasteiger partial charge in [0.15, 0.2) is 5.76 Å². The molecule has 1 aliphatic heterocycles. The minimum atomic E-state index is 0.0175. The second-order valence-corrected chi connectivity index (χ2v) is 4.14. The lowest BCUT2D eigenvalue weighted by Gasteiger charge is -2.33. The summed E-state index contributed by atoms with van der Waals surface area (Å²) in [6.07, 6.45) is 0. The third kappa shape index (κ3) is 2.27. The van der Waals surface area contributed by atoms with Gasteiger partial charge in [0, 0.05) is 26.2 Å². The van der Waals surface area contributed by atoms with Crippen molar-refractivity contribution >= 4 is 5.91 Å². The molecule has 0 atom stereocenters. The number of furan rings is 1. The van der Waals surface area contributed by atoms with Crippen molar-refractivity contribution in [2.24, 2.45) is 0 Å². The van der Waals surface area contributed by atoms with Crippen molar-refractivity contribution in [2.45, 2.75) is 13.8 Å². The fourth-order valence-electron chi connectivity index (χ4n) is 1.97. The number of piperazine rings is 1. The maximum absolute atomic E-state index is 12.0. The van der Waals surface area contributed by atoms with E-state index >= 15 is 0 Å². The molecule has 0 spiro atoms. The van der Waals surface area contributed by atoms with E-state index in [2.05, 4.69) is 11.8 Å². The fraction of sp³-hybridized carbons (Fsp3) is 0.583. The van der Waals surface area contributed by atoms with Crippen LogP contribution in [0.3, 0.4) is 0 Å². The first-order chi connectivity index (χ1) is 7.70. The molecule has 2 rings (SSSR count). The smallest absolute Gasteiger partial charge is 0.289 e. The highest BCUT2D eigenvalue weighted by Gasteiger charge is 2.23. The van der Waals surface area contributed by atoms with Crippen LogP contribution in [0.4, 0.5) is 0 Å². The Bertz CT molecular complexity index is 365. The molecule has 4 nitrogen and oxygen atoms in total. The van der Waals surface area contributed by atoms with Crippen molar-refractivity contribution in [3.05, 3.63) is 23.7 Å². The Morgan fingerprint density at radius 3 is 2.50 bits per heavy atom. The molecule has 2 heterocycles. The van der Waals surface area contributed by atoms with E-state index in [1.165, 1.54) is 0 Å². The number of likely N-dealkylation sites (N-methyl/N-ethyl adjacent to an activating group) is 1. The van der Waals surface area contributed by atoms with Crippen LogP contribution in [-0.4, -0.2) is 48.4 Å². The summed E-state index contributed by atoms with van der Waals surface area (Å²) in [7, 11) is 0. The Morgan fingerprint density at radius 2 is 2.00 bits per heavy atom. The average molecular weight is 222 g/mol. The van der Waals surface area contributed by atoms with Crippen molar-refractivity contribution in [1.29, 1.82) is 0 Å². The molecule has 0 unspecified atom stereocenters. The average Bonchev–Trinajstić information content (AvgIpc) is 2.75. The third-order valence-corrected chi connectivity index (χ3v) is 3.06. The highest BCUT2D eigenvalue weighted by atomic mass is 16.3. The van der Waals surface area contributed by atoms with Gasteiger partial charge in [-0.1, -0.05) is 6.92 Å². The van der Waals surface area contributed by atoms with Crippen LogP contribution >= 0.6 is 0 Å². The zero-order valence-electron chi connectivity index (χ0n) is 9.90. The van der Waals surface area contributed by atoms with E-state index in [1.54, 1.807) is 6.07 Å². The summed E-state index contributed by atoms with van der Waals surface area (Å²) in [5.74, 6) is 1.27. The predicted octanol–water partition coefficient (Wildman–Crippen LogP) is 1.37. The molecule has 0 radical (unpaired) electrons. The molecule has 0 aromatic carbocycles. The molecule has 88 valence electrons. The molecule has 1 amide bonds. The Morgan fingerprint density at radius 1 is 1.31 bits per heavy atom. The Kier molecular flexibility index (Phi) is 3.29. The maximum Gasteiger partial charge on any atom is 0.289 e. The summed E-state index contributed by atoms with van der Waals surface area (Å²) < 4.78 is 5.35. The lowest BCUT2D eigenvalue weighted by molar-refractivity contribution is 0.0611. The number of aryl methyl sites for hydroxylation is 1. The van der Waals surface area contributed by atoms with Gasteiger partial charge in [0.25, 0.3) is 5.91 Å². The summed E-state index contributed by atoms with van der Waals surface area (Å²) in [5, 5.41) is 0. The molecule has 1 saturated heterocycles. The molecule has 1 aromatic rings. The summed E-state index contributed by atoms with van der Waals surface area (Å²) in [4.78, 5) is 16.2. The van der Waals surface area contributed by atoms with Gasteiger partial charge in [0.05, 0.1) is 0 Å². The molecule has 0 saturated carbocycles. The number of hydrogen-bond donors (Lipinski definition) is 0. The Balaban J connectivity index is 1.96. The second-order valence-electron chi connectivity index (χ2n) is 4.14. The molecule has 1 aromatic heterocycles. The number of rotatable bonds is 2. The number of hydrogen-bond acceptors (Lipinski definition) is 3. The summed E-state index contributed by atoms with van der Waals surface area (Å²) in [6, 6.07) is 3.58. The SMILES string of the molecule is CCN1CCN(C(=O)c2ccc(C)o2)CC1. The maximum atomic E-state index is 12.0. The lowest BCUT2D eigenvalue weighted by atomic mass is 10.3. The summed E-state index contributed by atoms with van der Waals surface area (Å²) in [5.41, 5.74) is 0. The molecular weight excluding hydrogens is 204 g/mol. The third-order valence-electron chi connectivity index (χ3n) is 3.06. The van der Waals surface area contributed by atoms with E-state index in [0.717, 1.165) is 38.5 Å². The van der Waals surface area contributed by atoms with Crippen molar-refractivity contribution < 1.29 is 9.21 Å². The van der Waals surface area contributed by atoms with Crippen molar-refractivity contribution in [3.63, 3.8) is 0 Å². The molecule has 0 aliphatic carbocycles. The zero-order chi connectivity index (χ0) is 11.5. The van der Waals surface area contributed by atoms with Crippen molar-refractivity contribution in [3.8, 4) is 0 Å². The van der Waals surface area contributed by atoms with Crippen LogP contribution in [0.5, 0.6) is 0 Å².